The third kappa shape index (κ3) is 4.12. The molecule has 0 aliphatic carbocycles. The molecule has 2 N–H and O–H groups in total. The molecule has 0 aromatic heterocycles. The lowest BCUT2D eigenvalue weighted by atomic mass is 10.1. The summed E-state index contributed by atoms with van der Waals surface area (Å²) >= 11 is 0. The maximum absolute atomic E-state index is 11.9. The van der Waals surface area contributed by atoms with E-state index in [0.717, 1.165) is 45.2 Å². The van der Waals surface area contributed by atoms with Crippen molar-refractivity contribution in [3.8, 4) is 0 Å². The third-order valence-corrected chi connectivity index (χ3v) is 3.45. The van der Waals surface area contributed by atoms with Crippen LogP contribution in [0.3, 0.4) is 0 Å². The molecule has 3 heteroatoms. The van der Waals surface area contributed by atoms with E-state index in [4.69, 9.17) is 5.73 Å². The molecule has 1 saturated heterocycles. The van der Waals surface area contributed by atoms with Crippen LogP contribution in [0.25, 0.3) is 0 Å². The van der Waals surface area contributed by atoms with E-state index in [0.29, 0.717) is 17.9 Å². The maximum Gasteiger partial charge on any atom is 0.222 e. The molecule has 94 valence electrons. The second kappa shape index (κ2) is 6.89. The van der Waals surface area contributed by atoms with E-state index in [9.17, 15) is 4.79 Å². The highest BCUT2D eigenvalue weighted by Crippen LogP contribution is 2.23. The van der Waals surface area contributed by atoms with Crippen molar-refractivity contribution in [2.75, 3.05) is 13.1 Å². The normalized spacial score (nSPS) is 25.1. The number of unbranched alkanes of at least 4 members (excludes halogenated alkanes) is 3. The summed E-state index contributed by atoms with van der Waals surface area (Å²) in [6.45, 7) is 6.12. The Kier molecular flexibility index (Phi) is 5.81. The smallest absolute Gasteiger partial charge is 0.222 e. The van der Waals surface area contributed by atoms with Crippen molar-refractivity contribution in [1.29, 1.82) is 0 Å². The molecule has 1 rings (SSSR count). The Labute approximate surface area is 99.4 Å². The lowest BCUT2D eigenvalue weighted by molar-refractivity contribution is -0.131. The predicted octanol–water partition coefficient (Wildman–Crippen LogP) is 2.15. The van der Waals surface area contributed by atoms with Gasteiger partial charge in [-0.2, -0.15) is 0 Å². The number of hydrogen-bond acceptors (Lipinski definition) is 2. The minimum atomic E-state index is 0.351. The summed E-state index contributed by atoms with van der Waals surface area (Å²) in [6.07, 6.45) is 6.30. The van der Waals surface area contributed by atoms with Gasteiger partial charge in [0.25, 0.3) is 0 Å². The van der Waals surface area contributed by atoms with Gasteiger partial charge >= 0.3 is 0 Å². The van der Waals surface area contributed by atoms with E-state index in [1.165, 1.54) is 6.42 Å². The Morgan fingerprint density at radius 2 is 1.94 bits per heavy atom. The highest BCUT2D eigenvalue weighted by Gasteiger charge is 2.29. The molecule has 2 unspecified atom stereocenters. The molecular formula is C13H26N2O. The molecule has 0 radical (unpaired) electrons. The van der Waals surface area contributed by atoms with Crippen molar-refractivity contribution < 1.29 is 4.79 Å². The first-order valence-electron chi connectivity index (χ1n) is 6.64. The summed E-state index contributed by atoms with van der Waals surface area (Å²) < 4.78 is 0. The summed E-state index contributed by atoms with van der Waals surface area (Å²) in [5.41, 5.74) is 5.43. The van der Waals surface area contributed by atoms with Gasteiger partial charge in [0.05, 0.1) is 0 Å². The van der Waals surface area contributed by atoms with Gasteiger partial charge in [-0.1, -0.05) is 19.8 Å². The van der Waals surface area contributed by atoms with E-state index < -0.39 is 0 Å². The van der Waals surface area contributed by atoms with Crippen LogP contribution in [0, 0.1) is 5.92 Å². The highest BCUT2D eigenvalue weighted by molar-refractivity contribution is 5.76. The zero-order valence-electron chi connectivity index (χ0n) is 10.7. The molecule has 1 aliphatic heterocycles. The van der Waals surface area contributed by atoms with Gasteiger partial charge in [0, 0.05) is 19.0 Å². The zero-order chi connectivity index (χ0) is 12.0. The van der Waals surface area contributed by atoms with Gasteiger partial charge < -0.3 is 10.6 Å². The average Bonchev–Trinajstić information content (AvgIpc) is 2.57. The van der Waals surface area contributed by atoms with Crippen molar-refractivity contribution in [3.63, 3.8) is 0 Å². The van der Waals surface area contributed by atoms with Crippen molar-refractivity contribution in [3.05, 3.63) is 0 Å². The van der Waals surface area contributed by atoms with Crippen LogP contribution in [-0.2, 0) is 4.79 Å². The fraction of sp³-hybridized carbons (Fsp3) is 0.923. The number of nitrogens with zero attached hydrogens (tertiary/aromatic N) is 1. The number of hydrogen-bond donors (Lipinski definition) is 1. The highest BCUT2D eigenvalue weighted by atomic mass is 16.2. The van der Waals surface area contributed by atoms with Crippen molar-refractivity contribution in [1.82, 2.24) is 4.90 Å². The molecule has 0 bridgehead atoms. The number of rotatable bonds is 6. The summed E-state index contributed by atoms with van der Waals surface area (Å²) in [5, 5.41) is 0. The van der Waals surface area contributed by atoms with Gasteiger partial charge in [0.1, 0.15) is 0 Å². The molecule has 3 nitrogen and oxygen atoms in total. The average molecular weight is 226 g/mol. The quantitative estimate of drug-likeness (QED) is 0.705. The standard InChI is InChI=1S/C13H26N2O/c1-11-9-12(2)15(10-11)13(16)7-5-3-4-6-8-14/h11-12H,3-10,14H2,1-2H3. The summed E-state index contributed by atoms with van der Waals surface area (Å²) in [7, 11) is 0. The van der Waals surface area contributed by atoms with E-state index in [1.807, 2.05) is 0 Å². The van der Waals surface area contributed by atoms with Gasteiger partial charge in [0.15, 0.2) is 0 Å². The van der Waals surface area contributed by atoms with E-state index in [-0.39, 0.29) is 0 Å². The summed E-state index contributed by atoms with van der Waals surface area (Å²) in [5.74, 6) is 1.03. The van der Waals surface area contributed by atoms with Gasteiger partial charge in [-0.3, -0.25) is 4.79 Å². The minimum Gasteiger partial charge on any atom is -0.340 e. The second-order valence-corrected chi connectivity index (χ2v) is 5.19. The van der Waals surface area contributed by atoms with Crippen LogP contribution in [0.4, 0.5) is 0 Å². The Morgan fingerprint density at radius 1 is 1.25 bits per heavy atom. The van der Waals surface area contributed by atoms with Crippen LogP contribution in [-0.4, -0.2) is 29.9 Å². The molecule has 1 amide bonds. The molecule has 0 saturated carbocycles. The Balaban J connectivity index is 2.15. The molecule has 0 spiro atoms. The van der Waals surface area contributed by atoms with Crippen LogP contribution in [0.15, 0.2) is 0 Å². The first-order valence-corrected chi connectivity index (χ1v) is 6.64. The predicted molar refractivity (Wildman–Crippen MR) is 67.1 cm³/mol. The molecule has 1 fully saturated rings. The first kappa shape index (κ1) is 13.5. The van der Waals surface area contributed by atoms with Gasteiger partial charge in [-0.15, -0.1) is 0 Å². The maximum atomic E-state index is 11.9. The number of amides is 1. The second-order valence-electron chi connectivity index (χ2n) is 5.19. The Bertz CT molecular complexity index is 218. The van der Waals surface area contributed by atoms with Gasteiger partial charge in [-0.25, -0.2) is 0 Å². The van der Waals surface area contributed by atoms with E-state index >= 15 is 0 Å². The third-order valence-electron chi connectivity index (χ3n) is 3.45. The van der Waals surface area contributed by atoms with Gasteiger partial charge in [0.2, 0.25) is 5.91 Å². The summed E-state index contributed by atoms with van der Waals surface area (Å²) in [4.78, 5) is 14.0. The number of carbonyl (C=O) groups is 1. The van der Waals surface area contributed by atoms with Crippen molar-refractivity contribution in [2.24, 2.45) is 11.7 Å². The molecule has 1 heterocycles. The molecule has 16 heavy (non-hydrogen) atoms. The van der Waals surface area contributed by atoms with Crippen LogP contribution >= 0.6 is 0 Å². The number of likely N-dealkylation sites (tertiary alicyclic amines) is 1. The van der Waals surface area contributed by atoms with Crippen LogP contribution in [0.5, 0.6) is 0 Å². The largest absolute Gasteiger partial charge is 0.340 e. The first-order chi connectivity index (χ1) is 7.65. The number of carbonyl (C=O) groups excluding carboxylic acids is 1. The SMILES string of the molecule is CC1CC(C)N(C(=O)CCCCCCN)C1. The topological polar surface area (TPSA) is 46.3 Å². The molecular weight excluding hydrogens is 200 g/mol. The van der Waals surface area contributed by atoms with Crippen molar-refractivity contribution in [2.45, 2.75) is 58.4 Å². The van der Waals surface area contributed by atoms with Gasteiger partial charge in [-0.05, 0) is 38.6 Å². The minimum absolute atomic E-state index is 0.351. The van der Waals surface area contributed by atoms with Crippen LogP contribution < -0.4 is 5.73 Å². The monoisotopic (exact) mass is 226 g/mol. The molecule has 1 aliphatic rings. The van der Waals surface area contributed by atoms with Crippen LogP contribution in [0.2, 0.25) is 0 Å². The Morgan fingerprint density at radius 3 is 2.50 bits per heavy atom. The van der Waals surface area contributed by atoms with Crippen molar-refractivity contribution >= 4 is 5.91 Å². The van der Waals surface area contributed by atoms with E-state index in [2.05, 4.69) is 18.7 Å². The fourth-order valence-corrected chi connectivity index (χ4v) is 2.57. The molecule has 0 aromatic rings. The Hall–Kier alpha value is -0.570. The lowest BCUT2D eigenvalue weighted by Crippen LogP contribution is -2.33. The van der Waals surface area contributed by atoms with E-state index in [1.54, 1.807) is 0 Å². The fourth-order valence-electron chi connectivity index (χ4n) is 2.57. The van der Waals surface area contributed by atoms with Crippen LogP contribution in [0.1, 0.15) is 52.4 Å². The summed E-state index contributed by atoms with van der Waals surface area (Å²) in [6, 6.07) is 0.451. The molecule has 0 aromatic carbocycles. The molecule has 2 atom stereocenters. The lowest BCUT2D eigenvalue weighted by Gasteiger charge is -2.21. The number of nitrogens with two attached hydrogens (primary N) is 1. The zero-order valence-corrected chi connectivity index (χ0v) is 10.7.